The summed E-state index contributed by atoms with van der Waals surface area (Å²) in [4.78, 5) is 29.5. The van der Waals surface area contributed by atoms with E-state index in [1.54, 1.807) is 7.11 Å². The van der Waals surface area contributed by atoms with Gasteiger partial charge in [-0.2, -0.15) is 0 Å². The number of amides is 3. The van der Waals surface area contributed by atoms with Crippen LogP contribution in [0.3, 0.4) is 0 Å². The zero-order chi connectivity index (χ0) is 24.9. The van der Waals surface area contributed by atoms with Crippen molar-refractivity contribution >= 4 is 11.9 Å². The second kappa shape index (κ2) is 10.9. The van der Waals surface area contributed by atoms with Gasteiger partial charge in [0.15, 0.2) is 0 Å². The van der Waals surface area contributed by atoms with E-state index in [0.717, 1.165) is 23.3 Å². The molecule has 0 saturated carbocycles. The molecule has 3 rings (SSSR count). The van der Waals surface area contributed by atoms with Crippen molar-refractivity contribution in [2.75, 3.05) is 33.8 Å². The molecule has 0 aliphatic carbocycles. The van der Waals surface area contributed by atoms with E-state index in [-0.39, 0.29) is 30.1 Å². The summed E-state index contributed by atoms with van der Waals surface area (Å²) in [6.07, 6.45) is 0.539. The third-order valence-electron chi connectivity index (χ3n) is 6.41. The smallest absolute Gasteiger partial charge is 0.314 e. The zero-order valence-electron chi connectivity index (χ0n) is 21.2. The highest BCUT2D eigenvalue weighted by Crippen LogP contribution is 2.34. The molecule has 2 atom stereocenters. The van der Waals surface area contributed by atoms with Crippen LogP contribution in [0.15, 0.2) is 48.5 Å². The van der Waals surface area contributed by atoms with Gasteiger partial charge in [0.2, 0.25) is 5.91 Å². The molecule has 0 spiro atoms. The second-order valence-electron chi connectivity index (χ2n) is 9.80. The maximum atomic E-state index is 13.5. The predicted octanol–water partition coefficient (Wildman–Crippen LogP) is 3.70. The number of hydrogen-bond acceptors (Lipinski definition) is 4. The zero-order valence-corrected chi connectivity index (χ0v) is 21.2. The minimum Gasteiger partial charge on any atom is -0.497 e. The van der Waals surface area contributed by atoms with Gasteiger partial charge in [0.05, 0.1) is 7.11 Å². The number of likely N-dealkylation sites (N-methyl/N-ethyl adjacent to an activating group) is 1. The molecule has 2 aromatic rings. The normalized spacial score (nSPS) is 18.8. The molecule has 2 N–H and O–H groups in total. The molecule has 7 heteroatoms. The van der Waals surface area contributed by atoms with Gasteiger partial charge in [0.1, 0.15) is 18.0 Å². The number of nitrogens with one attached hydrogen (secondary N) is 2. The Bertz CT molecular complexity index is 967. The van der Waals surface area contributed by atoms with Gasteiger partial charge in [-0.1, -0.05) is 57.2 Å². The van der Waals surface area contributed by atoms with E-state index in [1.807, 2.05) is 43.1 Å². The third kappa shape index (κ3) is 5.89. The highest BCUT2D eigenvalue weighted by Gasteiger charge is 2.44. The second-order valence-corrected chi connectivity index (χ2v) is 9.80. The van der Waals surface area contributed by atoms with Crippen molar-refractivity contribution in [1.29, 1.82) is 0 Å². The summed E-state index contributed by atoms with van der Waals surface area (Å²) < 4.78 is 5.25. The van der Waals surface area contributed by atoms with Gasteiger partial charge in [0.25, 0.3) is 0 Å². The lowest BCUT2D eigenvalue weighted by Crippen LogP contribution is -2.45. The Kier molecular flexibility index (Phi) is 8.20. The summed E-state index contributed by atoms with van der Waals surface area (Å²) in [5.74, 6) is 0.840. The number of carbonyl (C=O) groups excluding carboxylic acids is 2. The summed E-state index contributed by atoms with van der Waals surface area (Å²) in [6, 6.07) is 15.8. The standard InChI is InChI=1S/C27H38N4O3/c1-7-28-26(33)29-18-23-25(32)31(17-16-19-8-14-22(34-6)15-9-19)24(30(23)5)20-10-12-21(13-11-20)27(2,3)4/h8-15,23-24H,7,16-18H2,1-6H3,(H2,28,29,33)/t23-,24+/m0/s1. The van der Waals surface area contributed by atoms with Gasteiger partial charge >= 0.3 is 6.03 Å². The van der Waals surface area contributed by atoms with Gasteiger partial charge in [-0.05, 0) is 54.6 Å². The lowest BCUT2D eigenvalue weighted by molar-refractivity contribution is -0.130. The first-order valence-electron chi connectivity index (χ1n) is 11.9. The van der Waals surface area contributed by atoms with Crippen molar-refractivity contribution in [1.82, 2.24) is 20.4 Å². The summed E-state index contributed by atoms with van der Waals surface area (Å²) in [5.41, 5.74) is 3.52. The van der Waals surface area contributed by atoms with E-state index in [4.69, 9.17) is 4.74 Å². The molecule has 0 radical (unpaired) electrons. The first-order valence-corrected chi connectivity index (χ1v) is 11.9. The first-order chi connectivity index (χ1) is 16.2. The molecular weight excluding hydrogens is 428 g/mol. The van der Waals surface area contributed by atoms with Crippen LogP contribution in [0, 0.1) is 0 Å². The number of nitrogens with zero attached hydrogens (tertiary/aromatic N) is 2. The number of rotatable bonds is 8. The Balaban J connectivity index is 1.83. The summed E-state index contributed by atoms with van der Waals surface area (Å²) in [5, 5.41) is 5.57. The fourth-order valence-corrected chi connectivity index (χ4v) is 4.36. The molecule has 0 bridgehead atoms. The number of urea groups is 1. The van der Waals surface area contributed by atoms with Crippen LogP contribution in [0.25, 0.3) is 0 Å². The van der Waals surface area contributed by atoms with Crippen LogP contribution in [0.5, 0.6) is 5.75 Å². The van der Waals surface area contributed by atoms with Crippen LogP contribution in [0.4, 0.5) is 4.79 Å². The largest absolute Gasteiger partial charge is 0.497 e. The average molecular weight is 467 g/mol. The Morgan fingerprint density at radius 2 is 1.68 bits per heavy atom. The van der Waals surface area contributed by atoms with Crippen LogP contribution in [0.1, 0.15) is 50.6 Å². The third-order valence-corrected chi connectivity index (χ3v) is 6.41. The van der Waals surface area contributed by atoms with Crippen LogP contribution in [-0.4, -0.2) is 61.6 Å². The summed E-state index contributed by atoms with van der Waals surface area (Å²) in [6.45, 7) is 9.82. The molecular formula is C27H38N4O3. The van der Waals surface area contributed by atoms with E-state index >= 15 is 0 Å². The van der Waals surface area contributed by atoms with Crippen molar-refractivity contribution < 1.29 is 14.3 Å². The minimum atomic E-state index is -0.425. The number of methoxy groups -OCH3 is 1. The predicted molar refractivity (Wildman–Crippen MR) is 135 cm³/mol. The molecule has 7 nitrogen and oxygen atoms in total. The molecule has 1 aliphatic rings. The number of hydrogen-bond donors (Lipinski definition) is 2. The molecule has 1 aliphatic heterocycles. The van der Waals surface area contributed by atoms with Crippen molar-refractivity contribution in [3.8, 4) is 5.75 Å². The molecule has 0 aromatic heterocycles. The SMILES string of the molecule is CCNC(=O)NC[C@H]1C(=O)N(CCc2ccc(OC)cc2)[C@H](c2ccc(C(C)(C)C)cc2)N1C. The minimum absolute atomic E-state index is 0.0257. The van der Waals surface area contributed by atoms with E-state index < -0.39 is 6.04 Å². The summed E-state index contributed by atoms with van der Waals surface area (Å²) in [7, 11) is 3.61. The van der Waals surface area contributed by atoms with Crippen LogP contribution in [-0.2, 0) is 16.6 Å². The monoisotopic (exact) mass is 466 g/mol. The Labute approximate surface area is 203 Å². The van der Waals surface area contributed by atoms with Gasteiger partial charge in [-0.15, -0.1) is 0 Å². The quantitative estimate of drug-likeness (QED) is 0.622. The van der Waals surface area contributed by atoms with E-state index in [0.29, 0.717) is 13.1 Å². The van der Waals surface area contributed by atoms with E-state index in [2.05, 4.69) is 60.6 Å². The molecule has 2 aromatic carbocycles. The maximum absolute atomic E-state index is 13.5. The highest BCUT2D eigenvalue weighted by atomic mass is 16.5. The molecule has 1 heterocycles. The molecule has 1 saturated heterocycles. The Morgan fingerprint density at radius 3 is 2.24 bits per heavy atom. The Hall–Kier alpha value is -3.06. The number of carbonyl (C=O) groups is 2. The van der Waals surface area contributed by atoms with Crippen molar-refractivity contribution in [2.45, 2.75) is 51.7 Å². The van der Waals surface area contributed by atoms with Gasteiger partial charge in [-0.3, -0.25) is 9.69 Å². The van der Waals surface area contributed by atoms with Gasteiger partial charge < -0.3 is 20.3 Å². The fraction of sp³-hybridized carbons (Fsp3) is 0.481. The molecule has 0 unspecified atom stereocenters. The molecule has 3 amide bonds. The van der Waals surface area contributed by atoms with E-state index in [1.165, 1.54) is 5.56 Å². The van der Waals surface area contributed by atoms with Crippen LogP contribution >= 0.6 is 0 Å². The van der Waals surface area contributed by atoms with Gasteiger partial charge in [0, 0.05) is 19.6 Å². The van der Waals surface area contributed by atoms with Crippen LogP contribution in [0.2, 0.25) is 0 Å². The summed E-state index contributed by atoms with van der Waals surface area (Å²) >= 11 is 0. The first kappa shape index (κ1) is 25.6. The average Bonchev–Trinajstić information content (AvgIpc) is 3.05. The lowest BCUT2D eigenvalue weighted by atomic mass is 9.86. The van der Waals surface area contributed by atoms with Gasteiger partial charge in [-0.25, -0.2) is 4.79 Å². The van der Waals surface area contributed by atoms with E-state index in [9.17, 15) is 9.59 Å². The van der Waals surface area contributed by atoms with Crippen LogP contribution < -0.4 is 15.4 Å². The number of ether oxygens (including phenoxy) is 1. The van der Waals surface area contributed by atoms with Crippen molar-refractivity contribution in [2.24, 2.45) is 0 Å². The topological polar surface area (TPSA) is 73.9 Å². The lowest BCUT2D eigenvalue weighted by Gasteiger charge is -2.30. The molecule has 1 fully saturated rings. The van der Waals surface area contributed by atoms with Crippen molar-refractivity contribution in [3.05, 3.63) is 65.2 Å². The highest BCUT2D eigenvalue weighted by molar-refractivity contribution is 5.85. The van der Waals surface area contributed by atoms with Crippen molar-refractivity contribution in [3.63, 3.8) is 0 Å². The maximum Gasteiger partial charge on any atom is 0.314 e. The fourth-order valence-electron chi connectivity index (χ4n) is 4.36. The number of benzene rings is 2. The Morgan fingerprint density at radius 1 is 1.03 bits per heavy atom. The molecule has 34 heavy (non-hydrogen) atoms. The molecule has 184 valence electrons.